The van der Waals surface area contributed by atoms with Crippen LogP contribution in [0.15, 0.2) is 54.6 Å². The first-order valence-corrected chi connectivity index (χ1v) is 8.60. The Morgan fingerprint density at radius 3 is 2.57 bits per heavy atom. The van der Waals surface area contributed by atoms with Crippen molar-refractivity contribution in [2.45, 2.75) is 38.5 Å². The number of nitrogens with one attached hydrogen (secondary N) is 2. The highest BCUT2D eigenvalue weighted by Crippen LogP contribution is 2.15. The van der Waals surface area contributed by atoms with Gasteiger partial charge in [-0.25, -0.2) is 0 Å². The van der Waals surface area contributed by atoms with Crippen LogP contribution in [0, 0.1) is 0 Å². The summed E-state index contributed by atoms with van der Waals surface area (Å²) in [5.41, 5.74) is 2.51. The largest absolute Gasteiger partial charge is 0.489 e. The third-order valence-corrected chi connectivity index (χ3v) is 4.34. The molecule has 1 fully saturated rings. The molecule has 1 atom stereocenters. The van der Waals surface area contributed by atoms with Crippen molar-refractivity contribution in [2.24, 2.45) is 0 Å². The highest BCUT2D eigenvalue weighted by Gasteiger charge is 2.10. The molecule has 3 rings (SSSR count). The van der Waals surface area contributed by atoms with E-state index in [1.54, 1.807) is 0 Å². The van der Waals surface area contributed by atoms with Crippen LogP contribution in [0.25, 0.3) is 0 Å². The lowest BCUT2D eigenvalue weighted by atomic mass is 10.1. The maximum Gasteiger partial charge on any atom is 0.119 e. The third kappa shape index (κ3) is 5.38. The highest BCUT2D eigenvalue weighted by atomic mass is 16.5. The molecule has 122 valence electrons. The number of rotatable bonds is 6. The van der Waals surface area contributed by atoms with Crippen molar-refractivity contribution >= 4 is 0 Å². The van der Waals surface area contributed by atoms with Gasteiger partial charge in [-0.3, -0.25) is 0 Å². The van der Waals surface area contributed by atoms with Gasteiger partial charge in [0.2, 0.25) is 0 Å². The van der Waals surface area contributed by atoms with Crippen LogP contribution in [0.4, 0.5) is 0 Å². The van der Waals surface area contributed by atoms with E-state index in [1.807, 2.05) is 18.2 Å². The van der Waals surface area contributed by atoms with Gasteiger partial charge in [0.25, 0.3) is 0 Å². The van der Waals surface area contributed by atoms with Crippen molar-refractivity contribution in [1.29, 1.82) is 0 Å². The van der Waals surface area contributed by atoms with E-state index in [1.165, 1.54) is 30.4 Å². The van der Waals surface area contributed by atoms with E-state index in [0.29, 0.717) is 12.6 Å². The maximum atomic E-state index is 5.83. The Hall–Kier alpha value is -1.84. The number of ether oxygens (including phenoxy) is 1. The zero-order chi connectivity index (χ0) is 15.7. The van der Waals surface area contributed by atoms with E-state index in [9.17, 15) is 0 Å². The second kappa shape index (κ2) is 8.70. The molecule has 1 unspecified atom stereocenters. The lowest BCUT2D eigenvalue weighted by molar-refractivity contribution is 0.306. The van der Waals surface area contributed by atoms with Crippen molar-refractivity contribution in [1.82, 2.24) is 10.6 Å². The Kier molecular flexibility index (Phi) is 6.07. The average Bonchev–Trinajstić information content (AvgIpc) is 2.89. The van der Waals surface area contributed by atoms with Crippen LogP contribution in [0.3, 0.4) is 0 Å². The molecule has 1 aliphatic rings. The lowest BCUT2D eigenvalue weighted by Crippen LogP contribution is -2.29. The van der Waals surface area contributed by atoms with E-state index < -0.39 is 0 Å². The summed E-state index contributed by atoms with van der Waals surface area (Å²) in [5, 5.41) is 7.13. The van der Waals surface area contributed by atoms with Gasteiger partial charge in [0.15, 0.2) is 0 Å². The third-order valence-electron chi connectivity index (χ3n) is 4.34. The molecule has 23 heavy (non-hydrogen) atoms. The summed E-state index contributed by atoms with van der Waals surface area (Å²) in [4.78, 5) is 0. The first-order valence-electron chi connectivity index (χ1n) is 8.60. The van der Waals surface area contributed by atoms with Gasteiger partial charge in [-0.05, 0) is 55.6 Å². The fourth-order valence-electron chi connectivity index (χ4n) is 2.93. The van der Waals surface area contributed by atoms with Crippen LogP contribution < -0.4 is 15.4 Å². The lowest BCUT2D eigenvalue weighted by Gasteiger charge is -2.16. The van der Waals surface area contributed by atoms with Gasteiger partial charge in [-0.1, -0.05) is 42.5 Å². The summed E-state index contributed by atoms with van der Waals surface area (Å²) in [6.07, 6.45) is 3.76. The van der Waals surface area contributed by atoms with Crippen LogP contribution >= 0.6 is 0 Å². The van der Waals surface area contributed by atoms with E-state index in [4.69, 9.17) is 4.74 Å². The van der Waals surface area contributed by atoms with Gasteiger partial charge in [-0.15, -0.1) is 0 Å². The molecule has 1 saturated heterocycles. The molecule has 0 spiro atoms. The monoisotopic (exact) mass is 310 g/mol. The molecule has 0 saturated carbocycles. The van der Waals surface area contributed by atoms with Crippen molar-refractivity contribution in [3.05, 3.63) is 65.7 Å². The minimum absolute atomic E-state index is 0.619. The molecule has 2 aromatic carbocycles. The average molecular weight is 310 g/mol. The summed E-state index contributed by atoms with van der Waals surface area (Å²) >= 11 is 0. The Labute approximate surface area is 139 Å². The molecule has 0 bridgehead atoms. The van der Waals surface area contributed by atoms with Crippen molar-refractivity contribution in [2.75, 3.05) is 13.1 Å². The first-order chi connectivity index (χ1) is 11.4. The summed E-state index contributed by atoms with van der Waals surface area (Å²) in [5.74, 6) is 0.927. The molecular weight excluding hydrogens is 284 g/mol. The molecule has 0 aliphatic carbocycles. The second-order valence-electron chi connectivity index (χ2n) is 6.18. The smallest absolute Gasteiger partial charge is 0.119 e. The van der Waals surface area contributed by atoms with Gasteiger partial charge in [-0.2, -0.15) is 0 Å². The molecule has 0 aromatic heterocycles. The second-order valence-corrected chi connectivity index (χ2v) is 6.18. The van der Waals surface area contributed by atoms with Gasteiger partial charge < -0.3 is 15.4 Å². The Balaban J connectivity index is 1.45. The minimum atomic E-state index is 0.619. The SMILES string of the molecule is c1ccc(COc2ccc(CNC3CCCNCC3)cc2)cc1. The molecule has 1 aliphatic heterocycles. The van der Waals surface area contributed by atoms with Crippen LogP contribution in [0.2, 0.25) is 0 Å². The summed E-state index contributed by atoms with van der Waals surface area (Å²) in [7, 11) is 0. The number of benzene rings is 2. The summed E-state index contributed by atoms with van der Waals surface area (Å²) in [6.45, 7) is 3.84. The van der Waals surface area contributed by atoms with Gasteiger partial charge in [0, 0.05) is 12.6 Å². The Morgan fingerprint density at radius 2 is 1.74 bits per heavy atom. The van der Waals surface area contributed by atoms with Crippen LogP contribution in [-0.2, 0) is 13.2 Å². The fraction of sp³-hybridized carbons (Fsp3) is 0.400. The molecule has 1 heterocycles. The predicted octanol–water partition coefficient (Wildman–Crippen LogP) is 3.50. The topological polar surface area (TPSA) is 33.3 Å². The minimum Gasteiger partial charge on any atom is -0.489 e. The fourth-order valence-corrected chi connectivity index (χ4v) is 2.93. The summed E-state index contributed by atoms with van der Waals surface area (Å²) < 4.78 is 5.83. The normalized spacial score (nSPS) is 18.3. The molecule has 0 radical (unpaired) electrons. The summed E-state index contributed by atoms with van der Waals surface area (Å²) in [6, 6.07) is 19.3. The van der Waals surface area contributed by atoms with E-state index >= 15 is 0 Å². The van der Waals surface area contributed by atoms with Crippen molar-refractivity contribution in [3.63, 3.8) is 0 Å². The molecule has 3 nitrogen and oxygen atoms in total. The standard InChI is InChI=1S/C20H26N2O/c1-2-5-18(6-3-1)16-23-20-10-8-17(9-11-20)15-22-19-7-4-13-21-14-12-19/h1-3,5-6,8-11,19,21-22H,4,7,12-16H2. The maximum absolute atomic E-state index is 5.83. The van der Waals surface area contributed by atoms with Crippen molar-refractivity contribution < 1.29 is 4.74 Å². The number of hydrogen-bond donors (Lipinski definition) is 2. The van der Waals surface area contributed by atoms with Gasteiger partial charge >= 0.3 is 0 Å². The van der Waals surface area contributed by atoms with Gasteiger partial charge in [0.05, 0.1) is 0 Å². The van der Waals surface area contributed by atoms with Crippen LogP contribution in [0.5, 0.6) is 5.75 Å². The Morgan fingerprint density at radius 1 is 0.913 bits per heavy atom. The molecule has 0 amide bonds. The Bertz CT molecular complexity index is 560. The zero-order valence-corrected chi connectivity index (χ0v) is 13.6. The zero-order valence-electron chi connectivity index (χ0n) is 13.6. The van der Waals surface area contributed by atoms with Gasteiger partial charge in [0.1, 0.15) is 12.4 Å². The van der Waals surface area contributed by atoms with Crippen LogP contribution in [0.1, 0.15) is 30.4 Å². The van der Waals surface area contributed by atoms with E-state index in [2.05, 4.69) is 47.0 Å². The first kappa shape index (κ1) is 16.0. The molecule has 3 heteroatoms. The number of hydrogen-bond acceptors (Lipinski definition) is 3. The molecule has 2 N–H and O–H groups in total. The van der Waals surface area contributed by atoms with Crippen LogP contribution in [-0.4, -0.2) is 19.1 Å². The molecular formula is C20H26N2O. The van der Waals surface area contributed by atoms with E-state index in [0.717, 1.165) is 25.4 Å². The highest BCUT2D eigenvalue weighted by molar-refractivity contribution is 5.27. The predicted molar refractivity (Wildman–Crippen MR) is 94.6 cm³/mol. The molecule has 2 aromatic rings. The van der Waals surface area contributed by atoms with Crippen molar-refractivity contribution in [3.8, 4) is 5.75 Å². The van der Waals surface area contributed by atoms with E-state index in [-0.39, 0.29) is 0 Å². The quantitative estimate of drug-likeness (QED) is 0.857.